The number of hydrogen-bond acceptors (Lipinski definition) is 3. The van der Waals surface area contributed by atoms with Crippen molar-refractivity contribution in [3.8, 4) is 0 Å². The molecule has 3 rings (SSSR count). The molecule has 1 aliphatic rings. The van der Waals surface area contributed by atoms with Gasteiger partial charge in [0.2, 0.25) is 6.29 Å². The van der Waals surface area contributed by atoms with Gasteiger partial charge in [-0.25, -0.2) is 4.79 Å². The Hall–Kier alpha value is -1.81. The van der Waals surface area contributed by atoms with Crippen LogP contribution in [0.25, 0.3) is 10.9 Å². The first-order valence-electron chi connectivity index (χ1n) is 4.65. The Bertz CT molecular complexity index is 544. The maximum atomic E-state index is 11.6. The van der Waals surface area contributed by atoms with Crippen LogP contribution in [-0.4, -0.2) is 18.1 Å². The Morgan fingerprint density at radius 1 is 1.40 bits per heavy atom. The summed E-state index contributed by atoms with van der Waals surface area (Å²) < 4.78 is 10.2. The maximum Gasteiger partial charge on any atom is 0.341 e. The Kier molecular flexibility index (Phi) is 1.61. The molecule has 4 heteroatoms. The van der Waals surface area contributed by atoms with Crippen LogP contribution >= 0.6 is 0 Å². The Morgan fingerprint density at radius 2 is 2.27 bits per heavy atom. The minimum Gasteiger partial charge on any atom is -0.428 e. The molecule has 0 saturated heterocycles. The highest BCUT2D eigenvalue weighted by atomic mass is 16.7. The van der Waals surface area contributed by atoms with Crippen molar-refractivity contribution in [3.63, 3.8) is 0 Å². The average Bonchev–Trinajstić information content (AvgIpc) is 2.81. The number of fused-ring (bicyclic) bond motifs is 3. The third kappa shape index (κ3) is 1.02. The molecule has 1 atom stereocenters. The standard InChI is InChI=1S/C11H9NO3/c1-14-11-7-2-3-8-6(4-5-12-8)9(7)10(13)15-11/h2-5,11-12H,1H3. The van der Waals surface area contributed by atoms with Gasteiger partial charge in [-0.3, -0.25) is 0 Å². The smallest absolute Gasteiger partial charge is 0.341 e. The topological polar surface area (TPSA) is 51.3 Å². The van der Waals surface area contributed by atoms with Crippen molar-refractivity contribution in [2.24, 2.45) is 0 Å². The first-order valence-corrected chi connectivity index (χ1v) is 4.65. The Balaban J connectivity index is 2.34. The summed E-state index contributed by atoms with van der Waals surface area (Å²) in [6, 6.07) is 5.64. The molecule has 0 bridgehead atoms. The van der Waals surface area contributed by atoms with E-state index in [1.165, 1.54) is 7.11 Å². The first kappa shape index (κ1) is 8.49. The van der Waals surface area contributed by atoms with Crippen molar-refractivity contribution >= 4 is 16.9 Å². The number of hydrogen-bond donors (Lipinski definition) is 1. The van der Waals surface area contributed by atoms with E-state index in [-0.39, 0.29) is 5.97 Å². The van der Waals surface area contributed by atoms with Gasteiger partial charge in [-0.2, -0.15) is 0 Å². The quantitative estimate of drug-likeness (QED) is 0.721. The lowest BCUT2D eigenvalue weighted by atomic mass is 10.1. The van der Waals surface area contributed by atoms with Crippen molar-refractivity contribution in [3.05, 3.63) is 35.5 Å². The molecule has 0 saturated carbocycles. The van der Waals surface area contributed by atoms with Gasteiger partial charge < -0.3 is 14.5 Å². The molecule has 1 N–H and O–H groups in total. The second-order valence-electron chi connectivity index (χ2n) is 3.44. The van der Waals surface area contributed by atoms with E-state index in [4.69, 9.17) is 9.47 Å². The van der Waals surface area contributed by atoms with Crippen LogP contribution in [0.2, 0.25) is 0 Å². The highest BCUT2D eigenvalue weighted by Gasteiger charge is 2.32. The summed E-state index contributed by atoms with van der Waals surface area (Å²) in [5.74, 6) is -0.318. The number of benzene rings is 1. The molecule has 1 unspecified atom stereocenters. The number of nitrogens with one attached hydrogen (secondary N) is 1. The van der Waals surface area contributed by atoms with Gasteiger partial charge in [-0.1, -0.05) is 0 Å². The summed E-state index contributed by atoms with van der Waals surface area (Å²) in [6.07, 6.45) is 1.24. The minimum absolute atomic E-state index is 0.318. The minimum atomic E-state index is -0.563. The predicted molar refractivity (Wildman–Crippen MR) is 53.5 cm³/mol. The molecule has 15 heavy (non-hydrogen) atoms. The molecule has 0 aliphatic carbocycles. The van der Waals surface area contributed by atoms with Crippen molar-refractivity contribution in [1.29, 1.82) is 0 Å². The van der Waals surface area contributed by atoms with E-state index in [1.807, 2.05) is 18.2 Å². The predicted octanol–water partition coefficient (Wildman–Crippen LogP) is 1.98. The highest BCUT2D eigenvalue weighted by Crippen LogP contribution is 2.35. The van der Waals surface area contributed by atoms with Gasteiger partial charge in [-0.15, -0.1) is 0 Å². The van der Waals surface area contributed by atoms with Gasteiger partial charge in [0, 0.05) is 29.8 Å². The van der Waals surface area contributed by atoms with E-state index in [0.717, 1.165) is 16.5 Å². The fourth-order valence-electron chi connectivity index (χ4n) is 1.97. The van der Waals surface area contributed by atoms with Gasteiger partial charge in [-0.05, 0) is 18.2 Å². The van der Waals surface area contributed by atoms with E-state index in [2.05, 4.69) is 4.98 Å². The molecule has 1 aromatic heterocycles. The van der Waals surface area contributed by atoms with E-state index in [0.29, 0.717) is 5.56 Å². The number of cyclic esters (lactones) is 1. The largest absolute Gasteiger partial charge is 0.428 e. The lowest BCUT2D eigenvalue weighted by Crippen LogP contribution is -1.99. The van der Waals surface area contributed by atoms with E-state index in [9.17, 15) is 4.79 Å². The molecule has 0 fully saturated rings. The van der Waals surface area contributed by atoms with Crippen LogP contribution in [-0.2, 0) is 9.47 Å². The zero-order valence-corrected chi connectivity index (χ0v) is 8.11. The molecule has 1 aromatic carbocycles. The van der Waals surface area contributed by atoms with E-state index >= 15 is 0 Å². The Morgan fingerprint density at radius 3 is 3.07 bits per heavy atom. The van der Waals surface area contributed by atoms with Crippen LogP contribution in [0.5, 0.6) is 0 Å². The molecular formula is C11H9NO3. The third-order valence-corrected chi connectivity index (χ3v) is 2.65. The lowest BCUT2D eigenvalue weighted by molar-refractivity contribution is -0.0815. The summed E-state index contributed by atoms with van der Waals surface area (Å²) in [6.45, 7) is 0. The SMILES string of the molecule is COC1OC(=O)c2c1ccc1[nH]ccc21. The highest BCUT2D eigenvalue weighted by molar-refractivity contribution is 6.06. The number of aromatic amines is 1. The summed E-state index contributed by atoms with van der Waals surface area (Å²) in [4.78, 5) is 14.7. The number of H-pyrrole nitrogens is 1. The van der Waals surface area contributed by atoms with Crippen molar-refractivity contribution < 1.29 is 14.3 Å². The fraction of sp³-hybridized carbons (Fsp3) is 0.182. The van der Waals surface area contributed by atoms with Gasteiger partial charge in [0.05, 0.1) is 5.56 Å². The number of carbonyl (C=O) groups is 1. The van der Waals surface area contributed by atoms with Gasteiger partial charge in [0.1, 0.15) is 0 Å². The van der Waals surface area contributed by atoms with Crippen LogP contribution < -0.4 is 0 Å². The van der Waals surface area contributed by atoms with E-state index in [1.54, 1.807) is 6.20 Å². The van der Waals surface area contributed by atoms with E-state index < -0.39 is 6.29 Å². The third-order valence-electron chi connectivity index (χ3n) is 2.65. The molecule has 1 aliphatic heterocycles. The summed E-state index contributed by atoms with van der Waals surface area (Å²) >= 11 is 0. The van der Waals surface area contributed by atoms with Crippen LogP contribution in [0, 0.1) is 0 Å². The second-order valence-corrected chi connectivity index (χ2v) is 3.44. The lowest BCUT2D eigenvalue weighted by Gasteiger charge is -2.06. The molecular weight excluding hydrogens is 194 g/mol. The summed E-state index contributed by atoms with van der Waals surface area (Å²) in [7, 11) is 1.52. The van der Waals surface area contributed by atoms with Crippen LogP contribution in [0.1, 0.15) is 22.2 Å². The van der Waals surface area contributed by atoms with Crippen molar-refractivity contribution in [2.75, 3.05) is 7.11 Å². The number of methoxy groups -OCH3 is 1. The number of ether oxygens (including phenoxy) is 2. The molecule has 0 amide bonds. The summed E-state index contributed by atoms with van der Waals surface area (Å²) in [5, 5.41) is 0.886. The number of carbonyl (C=O) groups excluding carboxylic acids is 1. The van der Waals surface area contributed by atoms with Gasteiger partial charge in [0.25, 0.3) is 0 Å². The number of rotatable bonds is 1. The van der Waals surface area contributed by atoms with Gasteiger partial charge >= 0.3 is 5.97 Å². The Labute approximate surface area is 85.8 Å². The molecule has 0 spiro atoms. The number of esters is 1. The molecule has 4 nitrogen and oxygen atoms in total. The molecule has 0 radical (unpaired) electrons. The molecule has 2 aromatic rings. The zero-order chi connectivity index (χ0) is 10.4. The van der Waals surface area contributed by atoms with Crippen molar-refractivity contribution in [2.45, 2.75) is 6.29 Å². The first-order chi connectivity index (χ1) is 7.31. The van der Waals surface area contributed by atoms with Crippen LogP contribution in [0.4, 0.5) is 0 Å². The maximum absolute atomic E-state index is 11.6. The molecule has 76 valence electrons. The van der Waals surface area contributed by atoms with Gasteiger partial charge in [0.15, 0.2) is 0 Å². The molecule has 2 heterocycles. The summed E-state index contributed by atoms with van der Waals surface area (Å²) in [5.41, 5.74) is 2.35. The zero-order valence-electron chi connectivity index (χ0n) is 8.11. The van der Waals surface area contributed by atoms with Crippen molar-refractivity contribution in [1.82, 2.24) is 4.98 Å². The number of aromatic nitrogens is 1. The monoisotopic (exact) mass is 203 g/mol. The fourth-order valence-corrected chi connectivity index (χ4v) is 1.97. The van der Waals surface area contributed by atoms with Crippen LogP contribution in [0.15, 0.2) is 24.4 Å². The normalized spacial score (nSPS) is 19.3. The van der Waals surface area contributed by atoms with Crippen LogP contribution in [0.3, 0.4) is 0 Å². The second kappa shape index (κ2) is 2.84. The average molecular weight is 203 g/mol.